The van der Waals surface area contributed by atoms with E-state index in [1.165, 1.54) is 5.56 Å². The topological polar surface area (TPSA) is 52.6 Å². The molecule has 2 unspecified atom stereocenters. The van der Waals surface area contributed by atoms with Gasteiger partial charge in [-0.25, -0.2) is 0 Å². The van der Waals surface area contributed by atoms with Crippen LogP contribution in [0.2, 0.25) is 0 Å². The lowest BCUT2D eigenvalue weighted by Crippen LogP contribution is -2.58. The Morgan fingerprint density at radius 3 is 2.59 bits per heavy atom. The lowest BCUT2D eigenvalue weighted by molar-refractivity contribution is -0.0253. The number of benzene rings is 2. The number of carbonyl (C=O) groups is 1. The van der Waals surface area contributed by atoms with Crippen molar-refractivity contribution in [3.8, 4) is 0 Å². The van der Waals surface area contributed by atoms with Gasteiger partial charge in [-0.3, -0.25) is 9.69 Å². The number of carbonyl (C=O) groups excluding carboxylic acids is 1. The Kier molecular flexibility index (Phi) is 6.30. The second-order valence-electron chi connectivity index (χ2n) is 7.68. The van der Waals surface area contributed by atoms with E-state index >= 15 is 0 Å². The number of nitrogens with zero attached hydrogens (tertiary/aromatic N) is 1. The Morgan fingerprint density at radius 2 is 1.89 bits per heavy atom. The highest BCUT2D eigenvalue weighted by atomic mass is 16.3. The summed E-state index contributed by atoms with van der Waals surface area (Å²) in [6.07, 6.45) is 2.31. The number of Topliss-reactive ketones (excluding diaryl/α,β-unsaturated/α-hetero) is 1. The van der Waals surface area contributed by atoms with E-state index in [4.69, 9.17) is 0 Å². The predicted octanol–water partition coefficient (Wildman–Crippen LogP) is 3.76. The number of para-hydroxylation sites is 1. The van der Waals surface area contributed by atoms with Crippen LogP contribution in [0.3, 0.4) is 0 Å². The molecule has 0 amide bonds. The summed E-state index contributed by atoms with van der Waals surface area (Å²) in [5.41, 5.74) is 2.01. The zero-order valence-corrected chi connectivity index (χ0v) is 16.3. The number of anilines is 1. The average Bonchev–Trinajstić information content (AvgIpc) is 2.68. The van der Waals surface area contributed by atoms with Crippen LogP contribution in [-0.4, -0.2) is 47.1 Å². The Balaban J connectivity index is 1.62. The zero-order chi connectivity index (χ0) is 19.3. The molecule has 3 rings (SSSR count). The first kappa shape index (κ1) is 19.6. The average molecular weight is 367 g/mol. The molecule has 0 bridgehead atoms. The van der Waals surface area contributed by atoms with Crippen LogP contribution in [0.1, 0.15) is 42.6 Å². The van der Waals surface area contributed by atoms with Gasteiger partial charge in [0.25, 0.3) is 0 Å². The quantitative estimate of drug-likeness (QED) is 0.733. The normalized spacial score (nSPS) is 23.1. The Bertz CT molecular complexity index is 758. The highest BCUT2D eigenvalue weighted by Crippen LogP contribution is 2.27. The third-order valence-corrected chi connectivity index (χ3v) is 5.47. The van der Waals surface area contributed by atoms with Gasteiger partial charge in [-0.1, -0.05) is 49.4 Å². The molecule has 4 heteroatoms. The summed E-state index contributed by atoms with van der Waals surface area (Å²) in [7, 11) is 0. The molecule has 0 spiro atoms. The molecular weight excluding hydrogens is 336 g/mol. The maximum atomic E-state index is 12.2. The minimum absolute atomic E-state index is 0.0729. The van der Waals surface area contributed by atoms with Crippen molar-refractivity contribution in [2.24, 2.45) is 0 Å². The first-order chi connectivity index (χ1) is 13.0. The number of hydrogen-bond donors (Lipinski definition) is 2. The van der Waals surface area contributed by atoms with E-state index in [-0.39, 0.29) is 11.8 Å². The summed E-state index contributed by atoms with van der Waals surface area (Å²) in [5, 5.41) is 14.5. The molecule has 0 saturated carbocycles. The molecule has 27 heavy (non-hydrogen) atoms. The van der Waals surface area contributed by atoms with Crippen LogP contribution in [-0.2, 0) is 6.42 Å². The lowest BCUT2D eigenvalue weighted by Gasteiger charge is -2.43. The van der Waals surface area contributed by atoms with Gasteiger partial charge >= 0.3 is 0 Å². The maximum Gasteiger partial charge on any atom is 0.164 e. The number of likely N-dealkylation sites (tertiary alicyclic amines) is 1. The zero-order valence-electron chi connectivity index (χ0n) is 16.3. The number of ketones is 1. The Morgan fingerprint density at radius 1 is 1.19 bits per heavy atom. The van der Waals surface area contributed by atoms with E-state index in [2.05, 4.69) is 34.5 Å². The Hall–Kier alpha value is -2.17. The van der Waals surface area contributed by atoms with Gasteiger partial charge in [0.2, 0.25) is 0 Å². The standard InChI is InChI=1S/C23H30N2O2/c1-3-21(26)19-11-7-8-12-20(19)24-22-14-16-25(17-23(22,2)27)15-13-18-9-5-4-6-10-18/h4-12,22,24,27H,3,13-17H2,1-2H3. The van der Waals surface area contributed by atoms with Gasteiger partial charge in [0.05, 0.1) is 11.6 Å². The maximum absolute atomic E-state index is 12.2. The predicted molar refractivity (Wildman–Crippen MR) is 110 cm³/mol. The van der Waals surface area contributed by atoms with Crippen LogP contribution < -0.4 is 5.32 Å². The van der Waals surface area contributed by atoms with Crippen LogP contribution in [0.25, 0.3) is 0 Å². The number of nitrogens with one attached hydrogen (secondary N) is 1. The van der Waals surface area contributed by atoms with Gasteiger partial charge in [-0.05, 0) is 37.5 Å². The molecule has 1 fully saturated rings. The van der Waals surface area contributed by atoms with E-state index in [1.54, 1.807) is 0 Å². The van der Waals surface area contributed by atoms with Crippen molar-refractivity contribution >= 4 is 11.5 Å². The first-order valence-corrected chi connectivity index (χ1v) is 9.87. The van der Waals surface area contributed by atoms with E-state index in [1.807, 2.05) is 44.2 Å². The molecule has 2 aromatic carbocycles. The van der Waals surface area contributed by atoms with Crippen molar-refractivity contribution in [3.63, 3.8) is 0 Å². The van der Waals surface area contributed by atoms with Gasteiger partial charge in [0.15, 0.2) is 5.78 Å². The van der Waals surface area contributed by atoms with Gasteiger partial charge in [-0.15, -0.1) is 0 Å². The van der Waals surface area contributed by atoms with Crippen molar-refractivity contribution in [3.05, 3.63) is 65.7 Å². The van der Waals surface area contributed by atoms with E-state index in [0.29, 0.717) is 18.5 Å². The number of rotatable bonds is 7. The van der Waals surface area contributed by atoms with Crippen LogP contribution in [0.5, 0.6) is 0 Å². The van der Waals surface area contributed by atoms with Crippen molar-refractivity contribution < 1.29 is 9.90 Å². The fourth-order valence-electron chi connectivity index (χ4n) is 3.85. The number of β-amino-alcohol motifs (C(OH)–C–C–N with tert-alkyl or cyclic N) is 1. The largest absolute Gasteiger partial charge is 0.387 e. The van der Waals surface area contributed by atoms with Crippen molar-refractivity contribution in [2.75, 3.05) is 25.0 Å². The first-order valence-electron chi connectivity index (χ1n) is 9.87. The molecule has 0 radical (unpaired) electrons. The summed E-state index contributed by atoms with van der Waals surface area (Å²) < 4.78 is 0. The fourth-order valence-corrected chi connectivity index (χ4v) is 3.85. The summed E-state index contributed by atoms with van der Waals surface area (Å²) in [5.74, 6) is 0.123. The van der Waals surface area contributed by atoms with Gasteiger partial charge in [0, 0.05) is 37.3 Å². The van der Waals surface area contributed by atoms with E-state index < -0.39 is 5.60 Å². The molecule has 2 aromatic rings. The molecular formula is C23H30N2O2. The third-order valence-electron chi connectivity index (χ3n) is 5.47. The SMILES string of the molecule is CCC(=O)c1ccccc1NC1CCN(CCc2ccccc2)CC1(C)O. The van der Waals surface area contributed by atoms with Gasteiger partial charge < -0.3 is 10.4 Å². The van der Waals surface area contributed by atoms with Crippen molar-refractivity contribution in [1.29, 1.82) is 0 Å². The van der Waals surface area contributed by atoms with Crippen molar-refractivity contribution in [2.45, 2.75) is 44.8 Å². The molecule has 1 aliphatic heterocycles. The molecule has 144 valence electrons. The van der Waals surface area contributed by atoms with Gasteiger partial charge in [-0.2, -0.15) is 0 Å². The molecule has 0 aromatic heterocycles. The van der Waals surface area contributed by atoms with Crippen LogP contribution >= 0.6 is 0 Å². The molecule has 2 N–H and O–H groups in total. The lowest BCUT2D eigenvalue weighted by atomic mass is 9.88. The molecule has 1 aliphatic rings. The summed E-state index contributed by atoms with van der Waals surface area (Å²) in [6, 6.07) is 18.0. The smallest absolute Gasteiger partial charge is 0.164 e. The van der Waals surface area contributed by atoms with E-state index in [9.17, 15) is 9.90 Å². The third kappa shape index (κ3) is 4.96. The summed E-state index contributed by atoms with van der Waals surface area (Å²) in [4.78, 5) is 14.5. The monoisotopic (exact) mass is 366 g/mol. The number of hydrogen-bond acceptors (Lipinski definition) is 4. The molecule has 1 saturated heterocycles. The molecule has 4 nitrogen and oxygen atoms in total. The van der Waals surface area contributed by atoms with Crippen LogP contribution in [0.4, 0.5) is 5.69 Å². The number of piperidine rings is 1. The molecule has 2 atom stereocenters. The Labute approximate surface area is 162 Å². The summed E-state index contributed by atoms with van der Waals surface area (Å²) >= 11 is 0. The minimum Gasteiger partial charge on any atom is -0.387 e. The molecule has 0 aliphatic carbocycles. The molecule has 1 heterocycles. The van der Waals surface area contributed by atoms with Gasteiger partial charge in [0.1, 0.15) is 0 Å². The van der Waals surface area contributed by atoms with E-state index in [0.717, 1.165) is 31.6 Å². The highest BCUT2D eigenvalue weighted by Gasteiger charge is 2.38. The summed E-state index contributed by atoms with van der Waals surface area (Å²) in [6.45, 7) is 6.27. The van der Waals surface area contributed by atoms with Crippen LogP contribution in [0, 0.1) is 0 Å². The second kappa shape index (κ2) is 8.68. The van der Waals surface area contributed by atoms with Crippen molar-refractivity contribution in [1.82, 2.24) is 4.90 Å². The fraction of sp³-hybridized carbons (Fsp3) is 0.435. The number of aliphatic hydroxyl groups is 1. The minimum atomic E-state index is -0.850. The van der Waals surface area contributed by atoms with Crippen LogP contribution in [0.15, 0.2) is 54.6 Å². The highest BCUT2D eigenvalue weighted by molar-refractivity contribution is 6.01. The second-order valence-corrected chi connectivity index (χ2v) is 7.68.